The summed E-state index contributed by atoms with van der Waals surface area (Å²) in [6.07, 6.45) is 3.62. The molecule has 0 spiro atoms. The number of aryl methyl sites for hydroxylation is 2. The minimum atomic E-state index is 0.487. The first kappa shape index (κ1) is 15.4. The summed E-state index contributed by atoms with van der Waals surface area (Å²) in [6, 6.07) is 0.506. The van der Waals surface area contributed by atoms with Gasteiger partial charge >= 0.3 is 6.01 Å². The van der Waals surface area contributed by atoms with E-state index in [0.29, 0.717) is 18.5 Å². The average molecular weight is 331 g/mol. The average Bonchev–Trinajstić information content (AvgIpc) is 3.09. The maximum Gasteiger partial charge on any atom is 0.321 e. The molecule has 24 heavy (non-hydrogen) atoms. The molecular formula is C16H25N7O. The predicted molar refractivity (Wildman–Crippen MR) is 91.2 cm³/mol. The fraction of sp³-hybridized carbons (Fsp3) is 0.688. The molecule has 1 saturated carbocycles. The Balaban J connectivity index is 1.48. The second kappa shape index (κ2) is 6.43. The Morgan fingerprint density at radius 1 is 1.29 bits per heavy atom. The molecule has 2 aromatic heterocycles. The summed E-state index contributed by atoms with van der Waals surface area (Å²) in [4.78, 5) is 6.88. The third-order valence-corrected chi connectivity index (χ3v) is 5.06. The van der Waals surface area contributed by atoms with Gasteiger partial charge in [-0.1, -0.05) is 11.6 Å². The summed E-state index contributed by atoms with van der Waals surface area (Å²) in [6.45, 7) is 6.70. The molecule has 4 rings (SSSR count). The number of hydrogen-bond donors (Lipinski definition) is 2. The van der Waals surface area contributed by atoms with Gasteiger partial charge in [0.15, 0.2) is 5.82 Å². The lowest BCUT2D eigenvalue weighted by Crippen LogP contribution is -2.44. The summed E-state index contributed by atoms with van der Waals surface area (Å²) in [7, 11) is 2.01. The Kier molecular flexibility index (Phi) is 4.13. The van der Waals surface area contributed by atoms with Crippen LogP contribution in [0.25, 0.3) is 0 Å². The van der Waals surface area contributed by atoms with Gasteiger partial charge in [0.05, 0.1) is 12.2 Å². The van der Waals surface area contributed by atoms with Gasteiger partial charge < -0.3 is 20.1 Å². The van der Waals surface area contributed by atoms with Crippen LogP contribution in [0.4, 0.5) is 11.8 Å². The topological polar surface area (TPSA) is 84.0 Å². The highest BCUT2D eigenvalue weighted by molar-refractivity contribution is 5.51. The van der Waals surface area contributed by atoms with E-state index in [-0.39, 0.29) is 0 Å². The van der Waals surface area contributed by atoms with E-state index in [1.165, 1.54) is 30.6 Å². The lowest BCUT2D eigenvalue weighted by molar-refractivity contribution is 0.366. The van der Waals surface area contributed by atoms with Crippen LogP contribution in [0.1, 0.15) is 42.3 Å². The quantitative estimate of drug-likeness (QED) is 0.857. The number of nitrogens with zero attached hydrogens (tertiary/aromatic N) is 5. The van der Waals surface area contributed by atoms with Crippen LogP contribution in [0, 0.1) is 6.92 Å². The van der Waals surface area contributed by atoms with E-state index in [1.54, 1.807) is 0 Å². The molecule has 2 aliphatic rings. The van der Waals surface area contributed by atoms with Crippen molar-refractivity contribution < 1.29 is 4.52 Å². The van der Waals surface area contributed by atoms with Gasteiger partial charge in [0.25, 0.3) is 0 Å². The van der Waals surface area contributed by atoms with Gasteiger partial charge in [-0.15, -0.1) is 0 Å². The van der Waals surface area contributed by atoms with Crippen molar-refractivity contribution in [3.05, 3.63) is 17.1 Å². The van der Waals surface area contributed by atoms with E-state index in [2.05, 4.69) is 37.7 Å². The fourth-order valence-corrected chi connectivity index (χ4v) is 3.47. The monoisotopic (exact) mass is 331 g/mol. The molecule has 0 aromatic carbocycles. The summed E-state index contributed by atoms with van der Waals surface area (Å²) < 4.78 is 7.33. The first-order valence-corrected chi connectivity index (χ1v) is 8.78. The van der Waals surface area contributed by atoms with Crippen LogP contribution < -0.4 is 15.5 Å². The smallest absolute Gasteiger partial charge is 0.321 e. The molecule has 130 valence electrons. The van der Waals surface area contributed by atoms with Gasteiger partial charge in [-0.3, -0.25) is 4.68 Å². The van der Waals surface area contributed by atoms with Gasteiger partial charge in [0, 0.05) is 44.7 Å². The molecule has 0 bridgehead atoms. The van der Waals surface area contributed by atoms with Gasteiger partial charge in [0.2, 0.25) is 0 Å². The summed E-state index contributed by atoms with van der Waals surface area (Å²) in [5.74, 6) is 2.51. The third-order valence-electron chi connectivity index (χ3n) is 5.06. The number of piperazine rings is 1. The van der Waals surface area contributed by atoms with E-state index in [0.717, 1.165) is 37.7 Å². The minimum absolute atomic E-state index is 0.487. The molecule has 0 radical (unpaired) electrons. The molecule has 3 heterocycles. The van der Waals surface area contributed by atoms with Crippen molar-refractivity contribution in [2.24, 2.45) is 7.05 Å². The fourth-order valence-electron chi connectivity index (χ4n) is 3.47. The minimum Gasteiger partial charge on any atom is -0.354 e. The molecule has 1 aliphatic carbocycles. The van der Waals surface area contributed by atoms with E-state index in [1.807, 2.05) is 11.7 Å². The van der Waals surface area contributed by atoms with Crippen LogP contribution >= 0.6 is 0 Å². The van der Waals surface area contributed by atoms with E-state index in [4.69, 9.17) is 4.52 Å². The Labute approximate surface area is 141 Å². The number of nitrogens with one attached hydrogen (secondary N) is 2. The maximum absolute atomic E-state index is 5.35. The van der Waals surface area contributed by atoms with Crippen LogP contribution in [0.2, 0.25) is 0 Å². The zero-order valence-corrected chi connectivity index (χ0v) is 14.4. The van der Waals surface area contributed by atoms with Crippen molar-refractivity contribution >= 4 is 11.8 Å². The van der Waals surface area contributed by atoms with Gasteiger partial charge in [0.1, 0.15) is 5.82 Å². The highest BCUT2D eigenvalue weighted by atomic mass is 16.5. The normalized spacial score (nSPS) is 18.7. The molecule has 1 aliphatic heterocycles. The van der Waals surface area contributed by atoms with Crippen molar-refractivity contribution in [3.8, 4) is 0 Å². The highest BCUT2D eigenvalue weighted by Gasteiger charge is 2.25. The third kappa shape index (κ3) is 2.86. The van der Waals surface area contributed by atoms with Gasteiger partial charge in [-0.05, 0) is 19.8 Å². The highest BCUT2D eigenvalue weighted by Crippen LogP contribution is 2.35. The molecule has 2 aromatic rings. The van der Waals surface area contributed by atoms with Gasteiger partial charge in [-0.2, -0.15) is 10.1 Å². The molecule has 1 saturated heterocycles. The standard InChI is InChI=1S/C16H25N7O/c1-11-13(15(22(2)20-11)23-8-6-17-7-9-23)10-18-16-19-14(21-24-16)12-4-3-5-12/h12,17H,3-10H2,1-2H3,(H,18,19,21). The Hall–Kier alpha value is -2.09. The zero-order valence-electron chi connectivity index (χ0n) is 14.4. The van der Waals surface area contributed by atoms with Crippen LogP contribution in [-0.4, -0.2) is 46.1 Å². The molecule has 2 N–H and O–H groups in total. The number of hydrogen-bond acceptors (Lipinski definition) is 7. The largest absolute Gasteiger partial charge is 0.354 e. The van der Waals surface area contributed by atoms with Crippen LogP contribution in [-0.2, 0) is 13.6 Å². The number of aromatic nitrogens is 4. The molecule has 0 unspecified atom stereocenters. The van der Waals surface area contributed by atoms with E-state index >= 15 is 0 Å². The van der Waals surface area contributed by atoms with Crippen molar-refractivity contribution in [1.82, 2.24) is 25.2 Å². The lowest BCUT2D eigenvalue weighted by atomic mass is 9.85. The molecule has 0 amide bonds. The van der Waals surface area contributed by atoms with Crippen LogP contribution in [0.5, 0.6) is 0 Å². The molecular weight excluding hydrogens is 306 g/mol. The van der Waals surface area contributed by atoms with E-state index in [9.17, 15) is 0 Å². The first-order chi connectivity index (χ1) is 11.7. The second-order valence-corrected chi connectivity index (χ2v) is 6.69. The molecule has 0 atom stereocenters. The van der Waals surface area contributed by atoms with Crippen molar-refractivity contribution in [3.63, 3.8) is 0 Å². The Morgan fingerprint density at radius 2 is 2.08 bits per heavy atom. The summed E-state index contributed by atoms with van der Waals surface area (Å²) in [5, 5.41) is 15.4. The Bertz CT molecular complexity index is 697. The van der Waals surface area contributed by atoms with Crippen LogP contribution in [0.3, 0.4) is 0 Å². The van der Waals surface area contributed by atoms with Crippen molar-refractivity contribution in [2.45, 2.75) is 38.6 Å². The van der Waals surface area contributed by atoms with Crippen molar-refractivity contribution in [2.75, 3.05) is 36.4 Å². The lowest BCUT2D eigenvalue weighted by Gasteiger charge is -2.30. The SMILES string of the molecule is Cc1nn(C)c(N2CCNCC2)c1CNc1nc(C2CCC2)no1. The molecule has 8 heteroatoms. The predicted octanol–water partition coefficient (Wildman–Crippen LogP) is 1.40. The maximum atomic E-state index is 5.35. The van der Waals surface area contributed by atoms with Gasteiger partial charge in [-0.25, -0.2) is 0 Å². The summed E-state index contributed by atoms with van der Waals surface area (Å²) >= 11 is 0. The second-order valence-electron chi connectivity index (χ2n) is 6.69. The number of rotatable bonds is 5. The van der Waals surface area contributed by atoms with E-state index < -0.39 is 0 Å². The molecule has 2 fully saturated rings. The Morgan fingerprint density at radius 3 is 2.79 bits per heavy atom. The van der Waals surface area contributed by atoms with Crippen molar-refractivity contribution in [1.29, 1.82) is 0 Å². The van der Waals surface area contributed by atoms with Crippen LogP contribution in [0.15, 0.2) is 4.52 Å². The number of anilines is 2. The first-order valence-electron chi connectivity index (χ1n) is 8.78. The summed E-state index contributed by atoms with van der Waals surface area (Å²) in [5.41, 5.74) is 2.24. The zero-order chi connectivity index (χ0) is 16.5. The molecule has 8 nitrogen and oxygen atoms in total.